The van der Waals surface area contributed by atoms with Crippen LogP contribution in [0.4, 0.5) is 0 Å². The molecule has 0 spiro atoms. The Labute approximate surface area is 104 Å². The highest BCUT2D eigenvalue weighted by Gasteiger charge is 2.21. The molecule has 0 saturated heterocycles. The largest absolute Gasteiger partial charge is 0.390 e. The van der Waals surface area contributed by atoms with E-state index < -0.39 is 0 Å². The van der Waals surface area contributed by atoms with Crippen LogP contribution >= 0.6 is 11.8 Å². The van der Waals surface area contributed by atoms with Gasteiger partial charge in [0.25, 0.3) is 0 Å². The Kier molecular flexibility index (Phi) is 2.86. The number of aliphatic hydroxyl groups is 1. The lowest BCUT2D eigenvalue weighted by molar-refractivity contribution is 0.169. The van der Waals surface area contributed by atoms with Crippen LogP contribution < -0.4 is 0 Å². The second-order valence-electron chi connectivity index (χ2n) is 4.14. The molecule has 1 N–H and O–H groups in total. The number of aromatic nitrogens is 3. The van der Waals surface area contributed by atoms with Crippen molar-refractivity contribution in [2.45, 2.75) is 24.2 Å². The van der Waals surface area contributed by atoms with E-state index in [2.05, 4.69) is 22.3 Å². The number of thioether (sulfide) groups is 1. The van der Waals surface area contributed by atoms with Crippen LogP contribution in [0.1, 0.15) is 11.4 Å². The highest BCUT2D eigenvalue weighted by atomic mass is 32.2. The van der Waals surface area contributed by atoms with Gasteiger partial charge in [-0.2, -0.15) is 0 Å². The monoisotopic (exact) mass is 247 g/mol. The zero-order valence-corrected chi connectivity index (χ0v) is 10.1. The van der Waals surface area contributed by atoms with Crippen LogP contribution in [-0.4, -0.2) is 31.7 Å². The topological polar surface area (TPSA) is 50.9 Å². The molecule has 88 valence electrons. The molecule has 1 atom stereocenters. The molecule has 17 heavy (non-hydrogen) atoms. The zero-order chi connectivity index (χ0) is 11.7. The van der Waals surface area contributed by atoms with Gasteiger partial charge < -0.3 is 9.67 Å². The number of hydrogen-bond acceptors (Lipinski definition) is 4. The van der Waals surface area contributed by atoms with E-state index in [1.54, 1.807) is 11.8 Å². The lowest BCUT2D eigenvalue weighted by Gasteiger charge is -2.19. The van der Waals surface area contributed by atoms with Crippen molar-refractivity contribution < 1.29 is 5.11 Å². The average Bonchev–Trinajstić information content (AvgIpc) is 2.73. The van der Waals surface area contributed by atoms with Gasteiger partial charge in [-0.1, -0.05) is 42.1 Å². The standard InChI is InChI=1S/C12H13N3OS/c16-10-7-15-11(13-14-12(15)17-8-10)6-9-4-2-1-3-5-9/h1-5,10,16H,6-8H2/t10-/m0/s1. The molecule has 4 nitrogen and oxygen atoms in total. The second-order valence-corrected chi connectivity index (χ2v) is 5.12. The van der Waals surface area contributed by atoms with Gasteiger partial charge in [-0.05, 0) is 5.56 Å². The Hall–Kier alpha value is -1.33. The summed E-state index contributed by atoms with van der Waals surface area (Å²) in [5, 5.41) is 18.9. The van der Waals surface area contributed by atoms with E-state index in [0.29, 0.717) is 12.3 Å². The molecular weight excluding hydrogens is 234 g/mol. The Morgan fingerprint density at radius 3 is 2.94 bits per heavy atom. The van der Waals surface area contributed by atoms with Crippen molar-refractivity contribution in [1.29, 1.82) is 0 Å². The van der Waals surface area contributed by atoms with Gasteiger partial charge in [-0.25, -0.2) is 0 Å². The highest BCUT2D eigenvalue weighted by molar-refractivity contribution is 7.99. The number of benzene rings is 1. The molecule has 1 aliphatic heterocycles. The van der Waals surface area contributed by atoms with E-state index in [1.807, 2.05) is 22.8 Å². The third-order valence-electron chi connectivity index (χ3n) is 2.80. The molecule has 0 bridgehead atoms. The van der Waals surface area contributed by atoms with Crippen LogP contribution in [0, 0.1) is 0 Å². The maximum Gasteiger partial charge on any atom is 0.191 e. The van der Waals surface area contributed by atoms with E-state index in [4.69, 9.17) is 0 Å². The molecule has 0 amide bonds. The van der Waals surface area contributed by atoms with E-state index >= 15 is 0 Å². The van der Waals surface area contributed by atoms with Crippen LogP contribution in [0.25, 0.3) is 0 Å². The first-order chi connectivity index (χ1) is 8.33. The Morgan fingerprint density at radius 1 is 1.29 bits per heavy atom. The lowest BCUT2D eigenvalue weighted by atomic mass is 10.1. The third-order valence-corrected chi connectivity index (χ3v) is 3.91. The number of nitrogens with zero attached hydrogens (tertiary/aromatic N) is 3. The fourth-order valence-corrected chi connectivity index (χ4v) is 2.83. The number of hydrogen-bond donors (Lipinski definition) is 1. The van der Waals surface area contributed by atoms with E-state index in [0.717, 1.165) is 17.4 Å². The van der Waals surface area contributed by atoms with Gasteiger partial charge in [-0.3, -0.25) is 0 Å². The van der Waals surface area contributed by atoms with Crippen molar-refractivity contribution in [3.8, 4) is 0 Å². The van der Waals surface area contributed by atoms with Gasteiger partial charge in [-0.15, -0.1) is 10.2 Å². The van der Waals surface area contributed by atoms with E-state index in [1.165, 1.54) is 5.56 Å². The summed E-state index contributed by atoms with van der Waals surface area (Å²) in [7, 11) is 0. The summed E-state index contributed by atoms with van der Waals surface area (Å²) in [5.74, 6) is 1.64. The van der Waals surface area contributed by atoms with Crippen LogP contribution in [-0.2, 0) is 13.0 Å². The van der Waals surface area contributed by atoms with Gasteiger partial charge in [0.1, 0.15) is 5.82 Å². The molecule has 2 heterocycles. The minimum Gasteiger partial charge on any atom is -0.390 e. The van der Waals surface area contributed by atoms with Crippen LogP contribution in [0.3, 0.4) is 0 Å². The Morgan fingerprint density at radius 2 is 2.12 bits per heavy atom. The summed E-state index contributed by atoms with van der Waals surface area (Å²) in [6.45, 7) is 0.609. The number of fused-ring (bicyclic) bond motifs is 1. The van der Waals surface area contributed by atoms with Crippen molar-refractivity contribution in [3.05, 3.63) is 41.7 Å². The summed E-state index contributed by atoms with van der Waals surface area (Å²) in [6, 6.07) is 10.2. The summed E-state index contributed by atoms with van der Waals surface area (Å²) in [6.07, 6.45) is 0.472. The summed E-state index contributed by atoms with van der Waals surface area (Å²) >= 11 is 1.57. The first kappa shape index (κ1) is 10.8. The smallest absolute Gasteiger partial charge is 0.191 e. The van der Waals surface area contributed by atoms with Crippen LogP contribution in [0.2, 0.25) is 0 Å². The predicted molar refractivity (Wildman–Crippen MR) is 66.0 cm³/mol. The summed E-state index contributed by atoms with van der Waals surface area (Å²) in [4.78, 5) is 0. The summed E-state index contributed by atoms with van der Waals surface area (Å²) in [5.41, 5.74) is 1.22. The first-order valence-electron chi connectivity index (χ1n) is 5.60. The van der Waals surface area contributed by atoms with Crippen LogP contribution in [0.5, 0.6) is 0 Å². The Balaban J connectivity index is 1.87. The SMILES string of the molecule is O[C@@H]1CSc2nnc(Cc3ccccc3)n2C1. The molecule has 0 fully saturated rings. The molecule has 2 aromatic rings. The average molecular weight is 247 g/mol. The minimum absolute atomic E-state index is 0.293. The molecule has 1 aliphatic rings. The molecule has 5 heteroatoms. The Bertz CT molecular complexity index is 512. The van der Waals surface area contributed by atoms with Crippen molar-refractivity contribution in [3.63, 3.8) is 0 Å². The normalized spacial score (nSPS) is 19.0. The number of aliphatic hydroxyl groups excluding tert-OH is 1. The maximum absolute atomic E-state index is 9.67. The first-order valence-corrected chi connectivity index (χ1v) is 6.58. The van der Waals surface area contributed by atoms with Crippen molar-refractivity contribution >= 4 is 11.8 Å². The molecule has 0 radical (unpaired) electrons. The molecule has 1 aromatic carbocycles. The summed E-state index contributed by atoms with van der Waals surface area (Å²) < 4.78 is 2.02. The van der Waals surface area contributed by atoms with Gasteiger partial charge in [0.2, 0.25) is 0 Å². The zero-order valence-electron chi connectivity index (χ0n) is 9.28. The third kappa shape index (κ3) is 2.21. The van der Waals surface area contributed by atoms with Crippen molar-refractivity contribution in [1.82, 2.24) is 14.8 Å². The minimum atomic E-state index is -0.293. The molecular formula is C12H13N3OS. The van der Waals surface area contributed by atoms with Gasteiger partial charge in [0.15, 0.2) is 5.16 Å². The van der Waals surface area contributed by atoms with Crippen molar-refractivity contribution in [2.24, 2.45) is 0 Å². The molecule has 1 aromatic heterocycles. The number of rotatable bonds is 2. The van der Waals surface area contributed by atoms with Crippen molar-refractivity contribution in [2.75, 3.05) is 5.75 Å². The quantitative estimate of drug-likeness (QED) is 0.870. The maximum atomic E-state index is 9.67. The van der Waals surface area contributed by atoms with E-state index in [9.17, 15) is 5.11 Å². The fourth-order valence-electron chi connectivity index (χ4n) is 1.95. The van der Waals surface area contributed by atoms with E-state index in [-0.39, 0.29) is 6.10 Å². The predicted octanol–water partition coefficient (Wildman–Crippen LogP) is 1.34. The van der Waals surface area contributed by atoms with Gasteiger partial charge in [0, 0.05) is 12.2 Å². The molecule has 3 rings (SSSR count). The molecule has 0 saturated carbocycles. The fraction of sp³-hybridized carbons (Fsp3) is 0.333. The lowest BCUT2D eigenvalue weighted by Crippen LogP contribution is -2.25. The van der Waals surface area contributed by atoms with Crippen LogP contribution in [0.15, 0.2) is 35.5 Å². The molecule has 0 unspecified atom stereocenters. The second kappa shape index (κ2) is 4.50. The molecule has 0 aliphatic carbocycles. The van der Waals surface area contributed by atoms with Gasteiger partial charge in [0.05, 0.1) is 12.6 Å². The van der Waals surface area contributed by atoms with Gasteiger partial charge >= 0.3 is 0 Å². The highest BCUT2D eigenvalue weighted by Crippen LogP contribution is 2.24.